The molecule has 57 heavy (non-hydrogen) atoms. The number of hydrogen-bond donors (Lipinski definition) is 0. The van der Waals surface area contributed by atoms with Crippen molar-refractivity contribution in [3.63, 3.8) is 0 Å². The van der Waals surface area contributed by atoms with Gasteiger partial charge >= 0.3 is 0 Å². The first kappa shape index (κ1) is 47.7. The van der Waals surface area contributed by atoms with Gasteiger partial charge < -0.3 is 38.5 Å². The van der Waals surface area contributed by atoms with E-state index in [4.69, 9.17) is 18.9 Å². The van der Waals surface area contributed by atoms with Crippen molar-refractivity contribution in [2.45, 2.75) is 159 Å². The van der Waals surface area contributed by atoms with Crippen molar-refractivity contribution >= 4 is 0 Å². The van der Waals surface area contributed by atoms with Gasteiger partial charge in [-0.15, -0.1) is 0 Å². The summed E-state index contributed by atoms with van der Waals surface area (Å²) < 4.78 is 22.3. The van der Waals surface area contributed by atoms with E-state index in [1.807, 2.05) is 28.4 Å². The molecule has 4 saturated carbocycles. The highest BCUT2D eigenvalue weighted by atomic mass is 16.5. The second kappa shape index (κ2) is 25.6. The molecular formula is C49H94N4O4. The van der Waals surface area contributed by atoms with E-state index in [0.717, 1.165) is 60.5 Å². The molecule has 0 amide bonds. The van der Waals surface area contributed by atoms with Crippen LogP contribution in [0.15, 0.2) is 0 Å². The largest absolute Gasteiger partial charge is 0.383 e. The summed E-state index contributed by atoms with van der Waals surface area (Å²) in [6.07, 6.45) is 31.1. The molecule has 8 bridgehead atoms. The van der Waals surface area contributed by atoms with Crippen molar-refractivity contribution in [2.75, 3.05) is 109 Å². The molecule has 8 fully saturated rings. The van der Waals surface area contributed by atoms with Crippen LogP contribution in [-0.2, 0) is 18.9 Å². The highest BCUT2D eigenvalue weighted by molar-refractivity contribution is 4.86. The average Bonchev–Trinajstić information content (AvgIpc) is 3.65. The maximum absolute atomic E-state index is 5.66. The third-order valence-electron chi connectivity index (χ3n) is 16.5. The van der Waals surface area contributed by atoms with Gasteiger partial charge in [0.2, 0.25) is 0 Å². The van der Waals surface area contributed by atoms with Gasteiger partial charge in [-0.1, -0.05) is 38.5 Å². The van der Waals surface area contributed by atoms with E-state index < -0.39 is 0 Å². The van der Waals surface area contributed by atoms with Crippen LogP contribution in [0, 0.1) is 47.3 Å². The van der Waals surface area contributed by atoms with E-state index in [1.54, 1.807) is 0 Å². The molecule has 8 nitrogen and oxygen atoms in total. The molecule has 12 unspecified atom stereocenters. The lowest BCUT2D eigenvalue weighted by atomic mass is 9.88. The lowest BCUT2D eigenvalue weighted by molar-refractivity contribution is 0.0129. The molecule has 4 heterocycles. The van der Waals surface area contributed by atoms with Crippen LogP contribution in [-0.4, -0.2) is 153 Å². The Bertz CT molecular complexity index is 1060. The smallest absolute Gasteiger partial charge is 0.0726 e. The Kier molecular flexibility index (Phi) is 21.4. The molecule has 0 aromatic rings. The zero-order valence-corrected chi connectivity index (χ0v) is 38.9. The van der Waals surface area contributed by atoms with E-state index in [9.17, 15) is 0 Å². The first-order valence-electron chi connectivity index (χ1n) is 24.5. The van der Waals surface area contributed by atoms with Gasteiger partial charge in [0.25, 0.3) is 0 Å². The number of likely N-dealkylation sites (tertiary alicyclic amines) is 4. The Balaban J connectivity index is 0.000000145. The molecule has 0 N–H and O–H groups in total. The van der Waals surface area contributed by atoms with Crippen LogP contribution in [0.2, 0.25) is 0 Å². The molecular weight excluding hydrogens is 709 g/mol. The quantitative estimate of drug-likeness (QED) is 0.273. The minimum Gasteiger partial charge on any atom is -0.383 e. The van der Waals surface area contributed by atoms with Gasteiger partial charge in [-0.3, -0.25) is 0 Å². The Hall–Kier alpha value is -0.320. The number of methoxy groups -OCH3 is 4. The fourth-order valence-electron chi connectivity index (χ4n) is 12.9. The second-order valence-corrected chi connectivity index (χ2v) is 20.9. The van der Waals surface area contributed by atoms with Crippen molar-refractivity contribution in [3.05, 3.63) is 0 Å². The van der Waals surface area contributed by atoms with Crippen LogP contribution in [0.5, 0.6) is 0 Å². The molecule has 4 aliphatic heterocycles. The molecule has 12 atom stereocenters. The minimum absolute atomic E-state index is 0.485. The van der Waals surface area contributed by atoms with Gasteiger partial charge in [-0.25, -0.2) is 0 Å². The minimum atomic E-state index is 0.485. The molecule has 4 aliphatic carbocycles. The normalized spacial score (nSPS) is 39.8. The first-order valence-corrected chi connectivity index (χ1v) is 24.5. The summed E-state index contributed by atoms with van der Waals surface area (Å²) >= 11 is 0. The summed E-state index contributed by atoms with van der Waals surface area (Å²) in [5, 5.41) is 0. The summed E-state index contributed by atoms with van der Waals surface area (Å²) in [7, 11) is 16.5. The zero-order chi connectivity index (χ0) is 40.6. The molecule has 8 rings (SSSR count). The maximum atomic E-state index is 5.66. The Labute approximate surface area is 353 Å². The highest BCUT2D eigenvalue weighted by Crippen LogP contribution is 2.37. The lowest BCUT2D eigenvalue weighted by Gasteiger charge is -2.36. The van der Waals surface area contributed by atoms with Gasteiger partial charge in [0.15, 0.2) is 0 Å². The van der Waals surface area contributed by atoms with Crippen LogP contribution in [0.4, 0.5) is 0 Å². The van der Waals surface area contributed by atoms with Crippen LogP contribution < -0.4 is 0 Å². The van der Waals surface area contributed by atoms with E-state index >= 15 is 0 Å². The predicted molar refractivity (Wildman–Crippen MR) is 238 cm³/mol. The van der Waals surface area contributed by atoms with Crippen molar-refractivity contribution in [1.82, 2.24) is 19.6 Å². The van der Waals surface area contributed by atoms with Gasteiger partial charge in [-0.05, 0) is 191 Å². The Morgan fingerprint density at radius 3 is 1.67 bits per heavy atom. The summed E-state index contributed by atoms with van der Waals surface area (Å²) in [5.74, 6) is 7.21. The summed E-state index contributed by atoms with van der Waals surface area (Å²) in [4.78, 5) is 10.0. The van der Waals surface area contributed by atoms with Crippen LogP contribution in [0.1, 0.15) is 135 Å². The van der Waals surface area contributed by atoms with Crippen molar-refractivity contribution in [3.8, 4) is 0 Å². The molecule has 0 radical (unpaired) electrons. The van der Waals surface area contributed by atoms with E-state index in [0.29, 0.717) is 24.4 Å². The molecule has 0 aromatic carbocycles. The summed E-state index contributed by atoms with van der Waals surface area (Å²) in [5.41, 5.74) is 0. The number of nitrogens with zero attached hydrogens (tertiary/aromatic N) is 4. The maximum Gasteiger partial charge on any atom is 0.0726 e. The number of fused-ring (bicyclic) bond motifs is 12. The van der Waals surface area contributed by atoms with Gasteiger partial charge in [0, 0.05) is 60.7 Å². The number of likely N-dealkylation sites (N-methyl/N-ethyl adjacent to an activating group) is 2. The van der Waals surface area contributed by atoms with Gasteiger partial charge in [0.1, 0.15) is 0 Å². The van der Waals surface area contributed by atoms with E-state index in [2.05, 4.69) is 47.8 Å². The fraction of sp³-hybridized carbons (Fsp3) is 1.00. The summed E-state index contributed by atoms with van der Waals surface area (Å²) in [6, 6.07) is 0.675. The van der Waals surface area contributed by atoms with Crippen molar-refractivity contribution in [2.24, 2.45) is 47.3 Å². The molecule has 8 aliphatic rings. The molecule has 8 heteroatoms. The molecule has 4 saturated heterocycles. The predicted octanol–water partition coefficient (Wildman–Crippen LogP) is 8.96. The second-order valence-electron chi connectivity index (χ2n) is 20.9. The number of ether oxygens (including phenoxy) is 4. The third kappa shape index (κ3) is 15.8. The Morgan fingerprint density at radius 1 is 0.404 bits per heavy atom. The van der Waals surface area contributed by atoms with Gasteiger partial charge in [0.05, 0.1) is 24.9 Å². The summed E-state index contributed by atoms with van der Waals surface area (Å²) in [6.45, 7) is 9.72. The van der Waals surface area contributed by atoms with Gasteiger partial charge in [-0.2, -0.15) is 0 Å². The standard InChI is InChI=1S/C13H25NO.3C12H23NO/c1-14-9-8-11-4-3-5-12(7-6-11)13(14)10-15-2;1-13-6-5-10-3-4-11(9-13)8-12(7-10)14-2;1-13-7-6-10-4-3-5-11(9-13)12(8-10)14-2;1-13-8-10-4-3-5-11(7-6-10)12(9-13)14-2/h11-13H,3-10H2,1-2H3;3*10-12H,3-9H2,1-2H3. The van der Waals surface area contributed by atoms with Crippen molar-refractivity contribution in [1.29, 1.82) is 0 Å². The number of rotatable bonds is 5. The highest BCUT2D eigenvalue weighted by Gasteiger charge is 2.34. The van der Waals surface area contributed by atoms with E-state index in [1.165, 1.54) is 174 Å². The van der Waals surface area contributed by atoms with Crippen LogP contribution >= 0.6 is 0 Å². The molecule has 0 spiro atoms. The zero-order valence-electron chi connectivity index (χ0n) is 38.9. The Morgan fingerprint density at radius 2 is 0.947 bits per heavy atom. The number of hydrogen-bond acceptors (Lipinski definition) is 8. The average molecular weight is 803 g/mol. The topological polar surface area (TPSA) is 49.9 Å². The van der Waals surface area contributed by atoms with E-state index in [-0.39, 0.29) is 0 Å². The van der Waals surface area contributed by atoms with Crippen LogP contribution in [0.3, 0.4) is 0 Å². The SMILES string of the molecule is COC1CC2CCC(C1)CN(C)CC2.COC1CC2CCCC1CN(C)CC2.COC1CN(C)CC2CCCC1CC2.COCC1C2CCCC(CC2)CCN1C. The monoisotopic (exact) mass is 803 g/mol. The third-order valence-corrected chi connectivity index (χ3v) is 16.5. The molecule has 0 aromatic heterocycles. The molecule has 334 valence electrons. The lowest BCUT2D eigenvalue weighted by Crippen LogP contribution is -2.43. The fourth-order valence-corrected chi connectivity index (χ4v) is 12.9. The first-order chi connectivity index (χ1) is 27.7. The van der Waals surface area contributed by atoms with Crippen molar-refractivity contribution < 1.29 is 18.9 Å². The van der Waals surface area contributed by atoms with Crippen LogP contribution in [0.25, 0.3) is 0 Å².